The summed E-state index contributed by atoms with van der Waals surface area (Å²) in [5.41, 5.74) is 5.77. The Balaban J connectivity index is 0.00000225. The molecule has 1 atom stereocenters. The van der Waals surface area contributed by atoms with Gasteiger partial charge in [-0.2, -0.15) is 0 Å². The maximum atomic E-state index is 11.3. The smallest absolute Gasteiger partial charge is 0.264 e. The number of aromatic nitrogens is 1. The fourth-order valence-electron chi connectivity index (χ4n) is 0.996. The van der Waals surface area contributed by atoms with Gasteiger partial charge in [0.1, 0.15) is 0 Å². The molecule has 7 heteroatoms. The van der Waals surface area contributed by atoms with Gasteiger partial charge in [-0.3, -0.25) is 9.59 Å². The van der Waals surface area contributed by atoms with Crippen molar-refractivity contribution in [2.24, 2.45) is 12.8 Å². The van der Waals surface area contributed by atoms with Crippen molar-refractivity contribution in [2.45, 2.75) is 13.0 Å². The number of carbonyl (C=O) groups excluding carboxylic acids is 1. The number of aryl methyl sites for hydroxylation is 1. The molecule has 16 heavy (non-hydrogen) atoms. The van der Waals surface area contributed by atoms with Crippen molar-refractivity contribution in [1.29, 1.82) is 0 Å². The fraction of sp³-hybridized carbons (Fsp3) is 0.333. The van der Waals surface area contributed by atoms with E-state index in [0.717, 1.165) is 0 Å². The minimum absolute atomic E-state index is 0. The normalized spacial score (nSPS) is 11.5. The molecular weight excluding hydrogens is 297 g/mol. The number of carbonyl (C=O) groups is 1. The summed E-state index contributed by atoms with van der Waals surface area (Å²) in [5, 5.41) is 2.60. The lowest BCUT2D eigenvalue weighted by atomic mass is 10.3. The second-order valence-electron chi connectivity index (χ2n) is 3.27. The molecule has 1 heterocycles. The number of nitrogens with one attached hydrogen (secondary N) is 1. The Labute approximate surface area is 108 Å². The molecule has 0 aliphatic carbocycles. The maximum Gasteiger partial charge on any atom is 0.264 e. The van der Waals surface area contributed by atoms with Gasteiger partial charge in [0.25, 0.3) is 5.56 Å². The molecule has 0 saturated heterocycles. The zero-order valence-corrected chi connectivity index (χ0v) is 11.3. The average Bonchev–Trinajstić information content (AvgIpc) is 2.13. The summed E-state index contributed by atoms with van der Waals surface area (Å²) in [6.07, 6.45) is 1.54. The van der Waals surface area contributed by atoms with Gasteiger partial charge in [0.05, 0.1) is 16.2 Å². The van der Waals surface area contributed by atoms with Crippen LogP contribution in [-0.4, -0.2) is 16.5 Å². The van der Waals surface area contributed by atoms with Crippen molar-refractivity contribution in [3.05, 3.63) is 27.1 Å². The minimum Gasteiger partial charge on any atom is -0.323 e. The molecule has 0 aromatic carbocycles. The van der Waals surface area contributed by atoms with E-state index in [-0.39, 0.29) is 23.9 Å². The van der Waals surface area contributed by atoms with E-state index in [1.165, 1.54) is 10.8 Å². The summed E-state index contributed by atoms with van der Waals surface area (Å²) in [5.74, 6) is -0.291. The Hall–Kier alpha value is -0.850. The SMILES string of the molecule is C[C@H](N)C(=O)Nc1cc(Br)c(=O)n(C)c1.Cl. The fourth-order valence-corrected chi connectivity index (χ4v) is 1.52. The predicted octanol–water partition coefficient (Wildman–Crippen LogP) is 0.855. The van der Waals surface area contributed by atoms with E-state index in [0.29, 0.717) is 10.2 Å². The van der Waals surface area contributed by atoms with Crippen molar-refractivity contribution in [1.82, 2.24) is 4.57 Å². The van der Waals surface area contributed by atoms with Crippen LogP contribution < -0.4 is 16.6 Å². The van der Waals surface area contributed by atoms with E-state index in [2.05, 4.69) is 21.2 Å². The van der Waals surface area contributed by atoms with Gasteiger partial charge in [-0.25, -0.2) is 0 Å². The van der Waals surface area contributed by atoms with E-state index >= 15 is 0 Å². The lowest BCUT2D eigenvalue weighted by Gasteiger charge is -2.09. The molecule has 1 aromatic heterocycles. The van der Waals surface area contributed by atoms with E-state index in [1.807, 2.05) is 0 Å². The van der Waals surface area contributed by atoms with Gasteiger partial charge in [0, 0.05) is 13.2 Å². The number of nitrogens with two attached hydrogens (primary N) is 1. The molecular formula is C9H13BrClN3O2. The van der Waals surface area contributed by atoms with Crippen LogP contribution >= 0.6 is 28.3 Å². The Morgan fingerprint density at radius 1 is 1.62 bits per heavy atom. The molecule has 1 amide bonds. The topological polar surface area (TPSA) is 77.1 Å². The first-order chi connectivity index (χ1) is 6.91. The summed E-state index contributed by atoms with van der Waals surface area (Å²) in [7, 11) is 1.61. The van der Waals surface area contributed by atoms with Crippen LogP contribution in [0.1, 0.15) is 6.92 Å². The lowest BCUT2D eigenvalue weighted by molar-refractivity contribution is -0.117. The van der Waals surface area contributed by atoms with E-state index in [9.17, 15) is 9.59 Å². The number of hydrogen-bond donors (Lipinski definition) is 2. The van der Waals surface area contributed by atoms with E-state index < -0.39 is 6.04 Å². The highest BCUT2D eigenvalue weighted by Crippen LogP contribution is 2.11. The van der Waals surface area contributed by atoms with Crippen LogP contribution in [0.4, 0.5) is 5.69 Å². The first-order valence-corrected chi connectivity index (χ1v) is 5.13. The van der Waals surface area contributed by atoms with Crippen LogP contribution in [-0.2, 0) is 11.8 Å². The molecule has 1 aromatic rings. The van der Waals surface area contributed by atoms with Crippen molar-refractivity contribution in [3.8, 4) is 0 Å². The number of hydrogen-bond acceptors (Lipinski definition) is 3. The Kier molecular flexibility index (Phi) is 5.71. The van der Waals surface area contributed by atoms with E-state index in [1.54, 1.807) is 20.0 Å². The largest absolute Gasteiger partial charge is 0.323 e. The van der Waals surface area contributed by atoms with Crippen LogP contribution in [0.15, 0.2) is 21.5 Å². The van der Waals surface area contributed by atoms with Gasteiger partial charge >= 0.3 is 0 Å². The van der Waals surface area contributed by atoms with Crippen LogP contribution in [0.2, 0.25) is 0 Å². The zero-order valence-electron chi connectivity index (χ0n) is 8.86. The lowest BCUT2D eigenvalue weighted by Crippen LogP contribution is -2.33. The van der Waals surface area contributed by atoms with Gasteiger partial charge < -0.3 is 15.6 Å². The molecule has 0 unspecified atom stereocenters. The number of amides is 1. The van der Waals surface area contributed by atoms with Crippen LogP contribution in [0, 0.1) is 0 Å². The number of pyridine rings is 1. The number of nitrogens with zero attached hydrogens (tertiary/aromatic N) is 1. The number of halogens is 2. The van der Waals surface area contributed by atoms with Crippen LogP contribution in [0.25, 0.3) is 0 Å². The molecule has 90 valence electrons. The Bertz CT molecular complexity index is 419. The van der Waals surface area contributed by atoms with Crippen molar-refractivity contribution in [3.63, 3.8) is 0 Å². The highest BCUT2D eigenvalue weighted by atomic mass is 79.9. The third-order valence-electron chi connectivity index (χ3n) is 1.82. The molecule has 0 bridgehead atoms. The molecule has 1 rings (SSSR count). The molecule has 0 aliphatic rings. The van der Waals surface area contributed by atoms with Crippen LogP contribution in [0.5, 0.6) is 0 Å². The Morgan fingerprint density at radius 3 is 2.62 bits per heavy atom. The summed E-state index contributed by atoms with van der Waals surface area (Å²) >= 11 is 3.11. The second kappa shape index (κ2) is 6.03. The quantitative estimate of drug-likeness (QED) is 0.850. The number of rotatable bonds is 2. The monoisotopic (exact) mass is 309 g/mol. The average molecular weight is 311 g/mol. The number of anilines is 1. The highest BCUT2D eigenvalue weighted by Gasteiger charge is 2.09. The third kappa shape index (κ3) is 3.62. The summed E-state index contributed by atoms with van der Waals surface area (Å²) in [6.45, 7) is 1.59. The maximum absolute atomic E-state index is 11.3. The molecule has 0 fully saturated rings. The summed E-state index contributed by atoms with van der Waals surface area (Å²) in [6, 6.07) is 0.962. The molecule has 0 radical (unpaired) electrons. The molecule has 0 spiro atoms. The molecule has 5 nitrogen and oxygen atoms in total. The Morgan fingerprint density at radius 2 is 2.19 bits per heavy atom. The highest BCUT2D eigenvalue weighted by molar-refractivity contribution is 9.10. The van der Waals surface area contributed by atoms with Gasteiger partial charge in [0.15, 0.2) is 0 Å². The van der Waals surface area contributed by atoms with Gasteiger partial charge in [-0.15, -0.1) is 12.4 Å². The van der Waals surface area contributed by atoms with Gasteiger partial charge in [-0.05, 0) is 28.9 Å². The zero-order chi connectivity index (χ0) is 11.6. The van der Waals surface area contributed by atoms with Crippen LogP contribution in [0.3, 0.4) is 0 Å². The van der Waals surface area contributed by atoms with Crippen molar-refractivity contribution >= 4 is 39.9 Å². The summed E-state index contributed by atoms with van der Waals surface area (Å²) < 4.78 is 1.77. The van der Waals surface area contributed by atoms with Gasteiger partial charge in [-0.1, -0.05) is 0 Å². The molecule has 3 N–H and O–H groups in total. The second-order valence-corrected chi connectivity index (χ2v) is 4.13. The standard InChI is InChI=1S/C9H12BrN3O2.ClH/c1-5(11)8(14)12-6-3-7(10)9(15)13(2)4-6;/h3-5H,11H2,1-2H3,(H,12,14);1H/t5-;/m0./s1. The first-order valence-electron chi connectivity index (χ1n) is 4.34. The first kappa shape index (κ1) is 15.2. The van der Waals surface area contributed by atoms with Crippen molar-refractivity contribution < 1.29 is 4.79 Å². The van der Waals surface area contributed by atoms with Crippen molar-refractivity contribution in [2.75, 3.05) is 5.32 Å². The predicted molar refractivity (Wildman–Crippen MR) is 68.9 cm³/mol. The molecule has 0 saturated carbocycles. The summed E-state index contributed by atoms with van der Waals surface area (Å²) in [4.78, 5) is 22.6. The minimum atomic E-state index is -0.582. The van der Waals surface area contributed by atoms with Gasteiger partial charge in [0.2, 0.25) is 5.91 Å². The van der Waals surface area contributed by atoms with E-state index in [4.69, 9.17) is 5.73 Å². The molecule has 0 aliphatic heterocycles. The third-order valence-corrected chi connectivity index (χ3v) is 2.39.